The summed E-state index contributed by atoms with van der Waals surface area (Å²) >= 11 is 0. The molecule has 17 heavy (non-hydrogen) atoms. The van der Waals surface area contributed by atoms with Crippen LogP contribution in [0.4, 0.5) is 5.69 Å². The number of nitrogens with zero attached hydrogens (tertiary/aromatic N) is 1. The molecule has 92 valence electrons. The normalized spacial score (nSPS) is 14.6. The average Bonchev–Trinajstić information content (AvgIpc) is 3.12. The Morgan fingerprint density at radius 2 is 2.12 bits per heavy atom. The summed E-state index contributed by atoms with van der Waals surface area (Å²) in [6, 6.07) is 7.32. The topological polar surface area (TPSA) is 46.3 Å². The van der Waals surface area contributed by atoms with Crippen molar-refractivity contribution in [3.63, 3.8) is 0 Å². The third-order valence-electron chi connectivity index (χ3n) is 3.15. The Kier molecular flexibility index (Phi) is 3.67. The summed E-state index contributed by atoms with van der Waals surface area (Å²) in [5, 5.41) is 0. The molecule has 0 spiro atoms. The van der Waals surface area contributed by atoms with E-state index >= 15 is 0 Å². The quantitative estimate of drug-likeness (QED) is 0.793. The van der Waals surface area contributed by atoms with Crippen LogP contribution >= 0.6 is 0 Å². The summed E-state index contributed by atoms with van der Waals surface area (Å²) in [4.78, 5) is 14.3. The average molecular weight is 232 g/mol. The van der Waals surface area contributed by atoms with E-state index < -0.39 is 0 Å². The predicted octanol–water partition coefficient (Wildman–Crippen LogP) is 2.53. The van der Waals surface area contributed by atoms with Crippen LogP contribution in [-0.2, 0) is 0 Å². The van der Waals surface area contributed by atoms with Crippen LogP contribution in [0.3, 0.4) is 0 Å². The number of nitrogens with two attached hydrogens (primary N) is 1. The lowest BCUT2D eigenvalue weighted by Crippen LogP contribution is -2.34. The number of hydrogen-bond donors (Lipinski definition) is 1. The van der Waals surface area contributed by atoms with Crippen LogP contribution in [0.2, 0.25) is 0 Å². The van der Waals surface area contributed by atoms with Crippen LogP contribution in [0, 0.1) is 5.92 Å². The largest absolute Gasteiger partial charge is 0.398 e. The Labute approximate surface area is 103 Å². The number of nitrogen functional groups attached to an aromatic ring is 1. The number of rotatable bonds is 5. The molecule has 2 N–H and O–H groups in total. The fourth-order valence-corrected chi connectivity index (χ4v) is 2.02. The molecule has 0 atom stereocenters. The number of benzene rings is 1. The molecule has 1 fully saturated rings. The number of hydrogen-bond acceptors (Lipinski definition) is 2. The van der Waals surface area contributed by atoms with Crippen molar-refractivity contribution in [2.75, 3.05) is 18.8 Å². The molecule has 0 bridgehead atoms. The minimum absolute atomic E-state index is 0.0804. The Morgan fingerprint density at radius 1 is 1.41 bits per heavy atom. The van der Waals surface area contributed by atoms with Crippen molar-refractivity contribution in [3.05, 3.63) is 29.8 Å². The van der Waals surface area contributed by atoms with E-state index in [2.05, 4.69) is 6.92 Å². The van der Waals surface area contributed by atoms with Gasteiger partial charge in [0.05, 0.1) is 5.56 Å². The van der Waals surface area contributed by atoms with Crippen molar-refractivity contribution < 1.29 is 4.79 Å². The molecule has 1 aliphatic rings. The molecule has 3 heteroatoms. The van der Waals surface area contributed by atoms with Gasteiger partial charge < -0.3 is 10.6 Å². The molecule has 0 heterocycles. The molecule has 1 aromatic rings. The van der Waals surface area contributed by atoms with Crippen LogP contribution in [0.15, 0.2) is 24.3 Å². The summed E-state index contributed by atoms with van der Waals surface area (Å²) < 4.78 is 0. The molecule has 3 nitrogen and oxygen atoms in total. The first-order valence-corrected chi connectivity index (χ1v) is 6.36. The van der Waals surface area contributed by atoms with Gasteiger partial charge in [-0.25, -0.2) is 0 Å². The van der Waals surface area contributed by atoms with Crippen LogP contribution in [0.1, 0.15) is 36.5 Å². The van der Waals surface area contributed by atoms with Crippen molar-refractivity contribution in [2.45, 2.75) is 26.2 Å². The predicted molar refractivity (Wildman–Crippen MR) is 69.8 cm³/mol. The zero-order valence-electron chi connectivity index (χ0n) is 10.4. The van der Waals surface area contributed by atoms with E-state index in [9.17, 15) is 4.79 Å². The van der Waals surface area contributed by atoms with Crippen LogP contribution in [0.25, 0.3) is 0 Å². The number of anilines is 1. The SMILES string of the molecule is CCCN(CC1CC1)C(=O)c1ccccc1N. The van der Waals surface area contributed by atoms with E-state index in [1.54, 1.807) is 6.07 Å². The van der Waals surface area contributed by atoms with Gasteiger partial charge in [-0.05, 0) is 37.3 Å². The van der Waals surface area contributed by atoms with E-state index in [0.29, 0.717) is 11.3 Å². The highest BCUT2D eigenvalue weighted by Crippen LogP contribution is 2.30. The summed E-state index contributed by atoms with van der Waals surface area (Å²) in [5.74, 6) is 0.798. The van der Waals surface area contributed by atoms with Crippen LogP contribution in [0.5, 0.6) is 0 Å². The first-order chi connectivity index (χ1) is 8.22. The molecular weight excluding hydrogens is 212 g/mol. The van der Waals surface area contributed by atoms with E-state index in [0.717, 1.165) is 25.4 Å². The van der Waals surface area contributed by atoms with Crippen LogP contribution in [-0.4, -0.2) is 23.9 Å². The summed E-state index contributed by atoms with van der Waals surface area (Å²) in [6.07, 6.45) is 3.51. The van der Waals surface area contributed by atoms with Crippen molar-refractivity contribution in [2.24, 2.45) is 5.92 Å². The number of carbonyl (C=O) groups is 1. The Bertz CT molecular complexity index is 399. The fourth-order valence-electron chi connectivity index (χ4n) is 2.02. The summed E-state index contributed by atoms with van der Waals surface area (Å²) in [6.45, 7) is 3.81. The van der Waals surface area contributed by atoms with Crippen LogP contribution < -0.4 is 5.73 Å². The first-order valence-electron chi connectivity index (χ1n) is 6.36. The lowest BCUT2D eigenvalue weighted by atomic mass is 10.1. The molecule has 2 rings (SSSR count). The van der Waals surface area contributed by atoms with Gasteiger partial charge in [0.1, 0.15) is 0 Å². The smallest absolute Gasteiger partial charge is 0.255 e. The second-order valence-electron chi connectivity index (χ2n) is 4.78. The van der Waals surface area contributed by atoms with E-state index in [1.165, 1.54) is 12.8 Å². The number of para-hydroxylation sites is 1. The Balaban J connectivity index is 2.11. The Hall–Kier alpha value is -1.51. The van der Waals surface area contributed by atoms with Crippen molar-refractivity contribution in [1.29, 1.82) is 0 Å². The molecule has 1 aromatic carbocycles. The minimum atomic E-state index is 0.0804. The highest BCUT2D eigenvalue weighted by molar-refractivity contribution is 5.99. The fraction of sp³-hybridized carbons (Fsp3) is 0.500. The third kappa shape index (κ3) is 2.99. The maximum Gasteiger partial charge on any atom is 0.255 e. The molecule has 1 aliphatic carbocycles. The van der Waals surface area contributed by atoms with Gasteiger partial charge in [-0.2, -0.15) is 0 Å². The maximum atomic E-state index is 12.4. The molecule has 0 radical (unpaired) electrons. The third-order valence-corrected chi connectivity index (χ3v) is 3.15. The minimum Gasteiger partial charge on any atom is -0.398 e. The molecular formula is C14H20N2O. The van der Waals surface area contributed by atoms with Gasteiger partial charge >= 0.3 is 0 Å². The maximum absolute atomic E-state index is 12.4. The number of carbonyl (C=O) groups excluding carboxylic acids is 1. The van der Waals surface area contributed by atoms with Crippen molar-refractivity contribution >= 4 is 11.6 Å². The van der Waals surface area contributed by atoms with Gasteiger partial charge in [-0.15, -0.1) is 0 Å². The van der Waals surface area contributed by atoms with Crippen molar-refractivity contribution in [1.82, 2.24) is 4.90 Å². The second kappa shape index (κ2) is 5.21. The van der Waals surface area contributed by atoms with Gasteiger partial charge in [-0.3, -0.25) is 4.79 Å². The van der Waals surface area contributed by atoms with Gasteiger partial charge in [0.2, 0.25) is 0 Å². The first kappa shape index (κ1) is 12.0. The van der Waals surface area contributed by atoms with E-state index in [4.69, 9.17) is 5.73 Å². The molecule has 0 aromatic heterocycles. The lowest BCUT2D eigenvalue weighted by molar-refractivity contribution is 0.0749. The second-order valence-corrected chi connectivity index (χ2v) is 4.78. The zero-order valence-corrected chi connectivity index (χ0v) is 10.4. The summed E-state index contributed by atoms with van der Waals surface area (Å²) in [7, 11) is 0. The lowest BCUT2D eigenvalue weighted by Gasteiger charge is -2.22. The van der Waals surface area contributed by atoms with E-state index in [1.807, 2.05) is 23.1 Å². The van der Waals surface area contributed by atoms with Gasteiger partial charge in [0.15, 0.2) is 0 Å². The highest BCUT2D eigenvalue weighted by Gasteiger charge is 2.27. The highest BCUT2D eigenvalue weighted by atomic mass is 16.2. The summed E-state index contributed by atoms with van der Waals surface area (Å²) in [5.41, 5.74) is 7.07. The molecule has 1 amide bonds. The molecule has 0 saturated heterocycles. The monoisotopic (exact) mass is 232 g/mol. The van der Waals surface area contributed by atoms with Gasteiger partial charge in [0, 0.05) is 18.8 Å². The zero-order chi connectivity index (χ0) is 12.3. The molecule has 0 aliphatic heterocycles. The Morgan fingerprint density at radius 3 is 2.71 bits per heavy atom. The van der Waals surface area contributed by atoms with Gasteiger partial charge in [0.25, 0.3) is 5.91 Å². The molecule has 0 unspecified atom stereocenters. The van der Waals surface area contributed by atoms with E-state index in [-0.39, 0.29) is 5.91 Å². The number of amides is 1. The van der Waals surface area contributed by atoms with Crippen molar-refractivity contribution in [3.8, 4) is 0 Å². The van der Waals surface area contributed by atoms with Gasteiger partial charge in [-0.1, -0.05) is 19.1 Å². The molecule has 1 saturated carbocycles. The standard InChI is InChI=1S/C14H20N2O/c1-2-9-16(10-11-7-8-11)14(17)12-5-3-4-6-13(12)15/h3-6,11H,2,7-10,15H2,1H3.